The molecule has 0 atom stereocenters. The fourth-order valence-electron chi connectivity index (χ4n) is 2.97. The van der Waals surface area contributed by atoms with Gasteiger partial charge in [0.2, 0.25) is 5.95 Å². The van der Waals surface area contributed by atoms with Gasteiger partial charge in [-0.05, 0) is 24.6 Å². The highest BCUT2D eigenvalue weighted by Gasteiger charge is 2.17. The van der Waals surface area contributed by atoms with Crippen LogP contribution in [0.1, 0.15) is 5.69 Å². The number of fused-ring (bicyclic) bond motifs is 1. The predicted molar refractivity (Wildman–Crippen MR) is 90.8 cm³/mol. The highest BCUT2D eigenvalue weighted by Crippen LogP contribution is 2.21. The van der Waals surface area contributed by atoms with Crippen molar-refractivity contribution in [1.29, 1.82) is 0 Å². The molecule has 114 valence electrons. The second-order valence-electron chi connectivity index (χ2n) is 5.58. The molecule has 1 N–H and O–H groups in total. The summed E-state index contributed by atoms with van der Waals surface area (Å²) in [5.74, 6) is 0.585. The van der Waals surface area contributed by atoms with E-state index < -0.39 is 0 Å². The van der Waals surface area contributed by atoms with Gasteiger partial charge < -0.3 is 4.57 Å². The summed E-state index contributed by atoms with van der Waals surface area (Å²) in [5, 5.41) is 3.15. The van der Waals surface area contributed by atoms with E-state index in [0.29, 0.717) is 11.5 Å². The summed E-state index contributed by atoms with van der Waals surface area (Å²) in [6, 6.07) is 17.5. The van der Waals surface area contributed by atoms with Gasteiger partial charge >= 0.3 is 0 Å². The third-order valence-corrected chi connectivity index (χ3v) is 4.10. The van der Waals surface area contributed by atoms with Gasteiger partial charge in [0.05, 0.1) is 16.6 Å². The van der Waals surface area contributed by atoms with Crippen molar-refractivity contribution in [2.75, 3.05) is 0 Å². The van der Waals surface area contributed by atoms with Gasteiger partial charge in [-0.25, -0.2) is 4.98 Å². The lowest BCUT2D eigenvalue weighted by molar-refractivity contribution is 0.736. The lowest BCUT2D eigenvalue weighted by atomic mass is 10.1. The highest BCUT2D eigenvalue weighted by molar-refractivity contribution is 5.77. The van der Waals surface area contributed by atoms with Gasteiger partial charge in [0, 0.05) is 12.7 Å². The third kappa shape index (κ3) is 2.01. The fraction of sp³-hybridized carbons (Fsp3) is 0.111. The third-order valence-electron chi connectivity index (χ3n) is 4.10. The molecule has 0 saturated heterocycles. The number of benzene rings is 2. The van der Waals surface area contributed by atoms with Gasteiger partial charge in [0.15, 0.2) is 0 Å². The van der Waals surface area contributed by atoms with Crippen LogP contribution in [0.25, 0.3) is 28.1 Å². The van der Waals surface area contributed by atoms with Crippen LogP contribution in [0.5, 0.6) is 0 Å². The largest absolute Gasteiger partial charge is 0.311 e. The van der Waals surface area contributed by atoms with E-state index in [9.17, 15) is 4.79 Å². The van der Waals surface area contributed by atoms with E-state index in [1.54, 1.807) is 0 Å². The van der Waals surface area contributed by atoms with Crippen LogP contribution in [0.3, 0.4) is 0 Å². The maximum absolute atomic E-state index is 12.9. The number of aryl methyl sites for hydroxylation is 2. The average molecular weight is 304 g/mol. The van der Waals surface area contributed by atoms with E-state index in [1.165, 1.54) is 4.68 Å². The Bertz CT molecular complexity index is 1050. The van der Waals surface area contributed by atoms with Crippen molar-refractivity contribution in [2.45, 2.75) is 6.92 Å². The first-order valence-electron chi connectivity index (χ1n) is 7.45. The SMILES string of the molecule is Cc1[nH]n(-c2nc3ccccc3n2C)c(=O)c1-c1ccccc1. The fourth-order valence-corrected chi connectivity index (χ4v) is 2.97. The van der Waals surface area contributed by atoms with Crippen molar-refractivity contribution >= 4 is 11.0 Å². The summed E-state index contributed by atoms with van der Waals surface area (Å²) >= 11 is 0. The Balaban J connectivity index is 1.97. The van der Waals surface area contributed by atoms with Crippen molar-refractivity contribution in [3.05, 3.63) is 70.6 Å². The van der Waals surface area contributed by atoms with E-state index in [-0.39, 0.29) is 5.56 Å². The zero-order chi connectivity index (χ0) is 16.0. The summed E-state index contributed by atoms with van der Waals surface area (Å²) in [4.78, 5) is 17.5. The molecule has 0 radical (unpaired) electrons. The first-order valence-corrected chi connectivity index (χ1v) is 7.45. The van der Waals surface area contributed by atoms with Crippen LogP contribution in [-0.4, -0.2) is 19.3 Å². The molecule has 2 aromatic heterocycles. The number of nitrogens with one attached hydrogen (secondary N) is 1. The summed E-state index contributed by atoms with van der Waals surface area (Å²) in [6.45, 7) is 1.91. The number of imidazole rings is 1. The van der Waals surface area contributed by atoms with Gasteiger partial charge in [0.25, 0.3) is 5.56 Å². The normalized spacial score (nSPS) is 11.2. The summed E-state index contributed by atoms with van der Waals surface area (Å²) in [7, 11) is 1.91. The van der Waals surface area contributed by atoms with Gasteiger partial charge in [-0.15, -0.1) is 0 Å². The lowest BCUT2D eigenvalue weighted by Crippen LogP contribution is -2.19. The van der Waals surface area contributed by atoms with E-state index in [2.05, 4.69) is 10.1 Å². The molecule has 5 nitrogen and oxygen atoms in total. The van der Waals surface area contributed by atoms with Crippen LogP contribution >= 0.6 is 0 Å². The molecule has 2 heterocycles. The summed E-state index contributed by atoms with van der Waals surface area (Å²) < 4.78 is 3.43. The van der Waals surface area contributed by atoms with Gasteiger partial charge in [-0.3, -0.25) is 9.89 Å². The number of rotatable bonds is 2. The van der Waals surface area contributed by atoms with Crippen LogP contribution in [0.15, 0.2) is 59.4 Å². The molecule has 5 heteroatoms. The first kappa shape index (κ1) is 13.6. The topological polar surface area (TPSA) is 55.6 Å². The maximum atomic E-state index is 12.9. The van der Waals surface area contributed by atoms with Crippen LogP contribution in [0.2, 0.25) is 0 Å². The standard InChI is InChI=1S/C18H16N4O/c1-12-16(13-8-4-3-5-9-13)17(23)22(20-12)18-19-14-10-6-7-11-15(14)21(18)2/h3-11,20H,1-2H3. The molecule has 0 amide bonds. The Morgan fingerprint density at radius 2 is 1.70 bits per heavy atom. The second-order valence-corrected chi connectivity index (χ2v) is 5.58. The zero-order valence-corrected chi connectivity index (χ0v) is 12.9. The number of nitrogens with zero attached hydrogens (tertiary/aromatic N) is 3. The summed E-state index contributed by atoms with van der Waals surface area (Å²) in [5.41, 5.74) is 4.18. The van der Waals surface area contributed by atoms with E-state index >= 15 is 0 Å². The van der Waals surface area contributed by atoms with E-state index in [4.69, 9.17) is 0 Å². The highest BCUT2D eigenvalue weighted by atomic mass is 16.1. The lowest BCUT2D eigenvalue weighted by Gasteiger charge is -2.01. The molecule has 4 aromatic rings. The molecule has 23 heavy (non-hydrogen) atoms. The summed E-state index contributed by atoms with van der Waals surface area (Å²) in [6.07, 6.45) is 0. The minimum atomic E-state index is -0.0906. The van der Waals surface area contributed by atoms with Gasteiger partial charge in [-0.2, -0.15) is 4.68 Å². The molecule has 0 aliphatic heterocycles. The monoisotopic (exact) mass is 304 g/mol. The number of hydrogen-bond donors (Lipinski definition) is 1. The molecule has 0 aliphatic rings. The van der Waals surface area contributed by atoms with Crippen molar-refractivity contribution in [2.24, 2.45) is 7.05 Å². The number of H-pyrrole nitrogens is 1. The number of para-hydroxylation sites is 2. The van der Waals surface area contributed by atoms with Crippen molar-refractivity contribution in [1.82, 2.24) is 19.3 Å². The quantitative estimate of drug-likeness (QED) is 0.619. The number of aromatic amines is 1. The second kappa shape index (κ2) is 4.98. The molecular weight excluding hydrogens is 288 g/mol. The van der Waals surface area contributed by atoms with E-state index in [1.807, 2.05) is 73.1 Å². The van der Waals surface area contributed by atoms with Crippen molar-refractivity contribution in [3.8, 4) is 17.1 Å². The zero-order valence-electron chi connectivity index (χ0n) is 12.9. The molecule has 0 fully saturated rings. The Kier molecular flexibility index (Phi) is 2.94. The Hall–Kier alpha value is -3.08. The Morgan fingerprint density at radius 3 is 2.43 bits per heavy atom. The number of hydrogen-bond acceptors (Lipinski definition) is 2. The molecule has 0 unspecified atom stereocenters. The molecule has 2 aromatic carbocycles. The van der Waals surface area contributed by atoms with Gasteiger partial charge in [0.1, 0.15) is 0 Å². The van der Waals surface area contributed by atoms with Gasteiger partial charge in [-0.1, -0.05) is 42.5 Å². The number of aromatic nitrogens is 4. The Morgan fingerprint density at radius 1 is 1.00 bits per heavy atom. The van der Waals surface area contributed by atoms with Crippen LogP contribution < -0.4 is 5.56 Å². The van der Waals surface area contributed by atoms with Crippen molar-refractivity contribution in [3.63, 3.8) is 0 Å². The minimum absolute atomic E-state index is 0.0906. The van der Waals surface area contributed by atoms with Crippen molar-refractivity contribution < 1.29 is 0 Å². The smallest absolute Gasteiger partial charge is 0.281 e. The molecule has 0 saturated carbocycles. The molecular formula is C18H16N4O. The average Bonchev–Trinajstić information content (AvgIpc) is 3.05. The minimum Gasteiger partial charge on any atom is -0.311 e. The molecule has 0 spiro atoms. The molecule has 0 bridgehead atoms. The first-order chi connectivity index (χ1) is 11.2. The van der Waals surface area contributed by atoms with Crippen LogP contribution in [0.4, 0.5) is 0 Å². The molecule has 4 rings (SSSR count). The Labute approximate surface area is 132 Å². The maximum Gasteiger partial charge on any atom is 0.281 e. The van der Waals surface area contributed by atoms with Crippen LogP contribution in [0, 0.1) is 6.92 Å². The predicted octanol–water partition coefficient (Wildman–Crippen LogP) is 3.03. The van der Waals surface area contributed by atoms with Crippen LogP contribution in [-0.2, 0) is 7.05 Å². The molecule has 0 aliphatic carbocycles. The van der Waals surface area contributed by atoms with E-state index in [0.717, 1.165) is 22.3 Å².